The Morgan fingerprint density at radius 1 is 1.08 bits per heavy atom. The smallest absolute Gasteiger partial charge is 0.338 e. The minimum Gasteiger partial charge on any atom is -0.456 e. The van der Waals surface area contributed by atoms with Gasteiger partial charge in [-0.15, -0.1) is 0 Å². The van der Waals surface area contributed by atoms with Crippen LogP contribution in [0.1, 0.15) is 41.4 Å². The Hall–Kier alpha value is -2.17. The maximum atomic E-state index is 12.6. The highest BCUT2D eigenvalue weighted by Crippen LogP contribution is 2.44. The molecule has 2 N–H and O–H groups in total. The number of esters is 1. The van der Waals surface area contributed by atoms with Gasteiger partial charge in [0.05, 0.1) is 18.7 Å². The number of hydrogen-bond donors (Lipinski definition) is 2. The second-order valence-corrected chi connectivity index (χ2v) is 6.10. The number of carbonyl (C=O) groups is 1. The van der Waals surface area contributed by atoms with E-state index in [1.54, 1.807) is 12.1 Å². The van der Waals surface area contributed by atoms with Crippen molar-refractivity contribution in [3.63, 3.8) is 0 Å². The Morgan fingerprint density at radius 3 is 2.54 bits per heavy atom. The lowest BCUT2D eigenvalue weighted by Crippen LogP contribution is -3.11. The van der Waals surface area contributed by atoms with Crippen LogP contribution in [0.25, 0.3) is 11.1 Å². The predicted octanol–water partition coefficient (Wildman–Crippen LogP) is 1.83. The number of hydrogen-bond acceptors (Lipinski definition) is 3. The molecule has 2 aromatic rings. The Morgan fingerprint density at radius 2 is 1.79 bits per heavy atom. The van der Waals surface area contributed by atoms with E-state index in [0.29, 0.717) is 12.2 Å². The van der Waals surface area contributed by atoms with Gasteiger partial charge in [0.15, 0.2) is 0 Å². The number of benzene rings is 2. The fraction of sp³-hybridized carbons (Fsp3) is 0.350. The summed E-state index contributed by atoms with van der Waals surface area (Å²) in [5, 5.41) is 10.5. The molecule has 2 aromatic carbocycles. The van der Waals surface area contributed by atoms with Crippen molar-refractivity contribution in [1.82, 2.24) is 0 Å². The first-order chi connectivity index (χ1) is 11.7. The molecule has 0 radical (unpaired) electrons. The van der Waals surface area contributed by atoms with Gasteiger partial charge in [-0.05, 0) is 36.6 Å². The fourth-order valence-corrected chi connectivity index (χ4v) is 3.37. The van der Waals surface area contributed by atoms with Crippen LogP contribution in [0.3, 0.4) is 0 Å². The summed E-state index contributed by atoms with van der Waals surface area (Å²) in [5.74, 6) is -0.317. The molecule has 0 heterocycles. The zero-order chi connectivity index (χ0) is 17.1. The van der Waals surface area contributed by atoms with E-state index < -0.39 is 6.10 Å². The van der Waals surface area contributed by atoms with Crippen LogP contribution in [0.4, 0.5) is 0 Å². The molecule has 4 nitrogen and oxygen atoms in total. The Labute approximate surface area is 142 Å². The van der Waals surface area contributed by atoms with Crippen LogP contribution < -0.4 is 4.90 Å². The van der Waals surface area contributed by atoms with Crippen LogP contribution in [-0.4, -0.2) is 37.3 Å². The second-order valence-electron chi connectivity index (χ2n) is 6.10. The summed E-state index contributed by atoms with van der Waals surface area (Å²) in [5.41, 5.74) is 3.88. The molecule has 0 amide bonds. The molecule has 1 aliphatic carbocycles. The number of rotatable bonds is 6. The predicted molar refractivity (Wildman–Crippen MR) is 93.1 cm³/mol. The van der Waals surface area contributed by atoms with Crippen molar-refractivity contribution in [3.05, 3.63) is 59.2 Å². The SMILES string of the molecule is CC[NH+](CC)CCOC(=O)c1cccc2c1-c1ccccc1[C@H]2O. The molecule has 0 spiro atoms. The standard InChI is InChI=1S/C20H23NO3/c1-3-21(4-2)12-13-24-20(23)17-11-7-10-16-18(17)14-8-5-6-9-15(14)19(16)22/h5-11,19,22H,3-4,12-13H2,1-2H3/p+1/t19-/m1/s1. The second kappa shape index (κ2) is 7.16. The summed E-state index contributed by atoms with van der Waals surface area (Å²) < 4.78 is 5.50. The first-order valence-corrected chi connectivity index (χ1v) is 8.58. The van der Waals surface area contributed by atoms with Gasteiger partial charge in [0.2, 0.25) is 0 Å². The number of carbonyl (C=O) groups excluding carboxylic acids is 1. The van der Waals surface area contributed by atoms with Crippen LogP contribution in [-0.2, 0) is 4.74 Å². The zero-order valence-electron chi connectivity index (χ0n) is 14.2. The third-order valence-corrected chi connectivity index (χ3v) is 4.82. The largest absolute Gasteiger partial charge is 0.456 e. The fourth-order valence-electron chi connectivity index (χ4n) is 3.37. The Kier molecular flexibility index (Phi) is 4.97. The van der Waals surface area contributed by atoms with Gasteiger partial charge in [0.25, 0.3) is 0 Å². The van der Waals surface area contributed by atoms with Gasteiger partial charge in [-0.1, -0.05) is 36.4 Å². The molecule has 0 bridgehead atoms. The van der Waals surface area contributed by atoms with Crippen LogP contribution in [0.5, 0.6) is 0 Å². The van der Waals surface area contributed by atoms with Crippen molar-refractivity contribution >= 4 is 5.97 Å². The minimum absolute atomic E-state index is 0.317. The average Bonchev–Trinajstić information content (AvgIpc) is 2.92. The first-order valence-electron chi connectivity index (χ1n) is 8.58. The van der Waals surface area contributed by atoms with Crippen LogP contribution in [0.15, 0.2) is 42.5 Å². The maximum Gasteiger partial charge on any atom is 0.338 e. The van der Waals surface area contributed by atoms with E-state index in [9.17, 15) is 9.90 Å². The summed E-state index contributed by atoms with van der Waals surface area (Å²) in [6, 6.07) is 13.1. The lowest BCUT2D eigenvalue weighted by Gasteiger charge is -2.15. The van der Waals surface area contributed by atoms with E-state index in [0.717, 1.165) is 41.9 Å². The van der Waals surface area contributed by atoms with Crippen molar-refractivity contribution in [3.8, 4) is 11.1 Å². The number of aliphatic hydroxyl groups is 1. The summed E-state index contributed by atoms with van der Waals surface area (Å²) in [7, 11) is 0. The van der Waals surface area contributed by atoms with E-state index >= 15 is 0 Å². The Bertz CT molecular complexity index is 737. The molecule has 1 aliphatic rings. The highest BCUT2D eigenvalue weighted by atomic mass is 16.5. The van der Waals surface area contributed by atoms with Crippen molar-refractivity contribution in [1.29, 1.82) is 0 Å². The highest BCUT2D eigenvalue weighted by molar-refractivity contribution is 6.00. The third-order valence-electron chi connectivity index (χ3n) is 4.82. The van der Waals surface area contributed by atoms with Crippen LogP contribution in [0.2, 0.25) is 0 Å². The van der Waals surface area contributed by atoms with Crippen molar-refractivity contribution < 1.29 is 19.5 Å². The molecule has 1 atom stereocenters. The summed E-state index contributed by atoms with van der Waals surface area (Å²) >= 11 is 0. The molecule has 0 fully saturated rings. The topological polar surface area (TPSA) is 51.0 Å². The van der Waals surface area contributed by atoms with Gasteiger partial charge in [0.1, 0.15) is 19.3 Å². The van der Waals surface area contributed by atoms with Crippen LogP contribution in [0, 0.1) is 0 Å². The summed E-state index contributed by atoms with van der Waals surface area (Å²) in [6.45, 7) is 7.52. The summed E-state index contributed by atoms with van der Waals surface area (Å²) in [6.07, 6.45) is -0.677. The van der Waals surface area contributed by atoms with Crippen molar-refractivity contribution in [2.75, 3.05) is 26.2 Å². The molecule has 0 saturated carbocycles. The van der Waals surface area contributed by atoms with Gasteiger partial charge >= 0.3 is 5.97 Å². The lowest BCUT2D eigenvalue weighted by molar-refractivity contribution is -0.896. The first kappa shape index (κ1) is 16.7. The minimum atomic E-state index is -0.677. The zero-order valence-corrected chi connectivity index (χ0v) is 14.2. The highest BCUT2D eigenvalue weighted by Gasteiger charge is 2.30. The number of quaternary nitrogens is 1. The number of nitrogens with one attached hydrogen (secondary N) is 1. The van der Waals surface area contributed by atoms with E-state index in [4.69, 9.17) is 4.74 Å². The third kappa shape index (κ3) is 2.95. The molecule has 4 heteroatoms. The molecule has 3 rings (SSSR count). The molecular weight excluding hydrogens is 302 g/mol. The van der Waals surface area contributed by atoms with Crippen molar-refractivity contribution in [2.24, 2.45) is 0 Å². The van der Waals surface area contributed by atoms with Gasteiger partial charge in [0, 0.05) is 5.56 Å². The average molecular weight is 326 g/mol. The Balaban J connectivity index is 1.83. The molecule has 0 saturated heterocycles. The number of likely N-dealkylation sites (N-methyl/N-ethyl adjacent to an activating group) is 1. The molecule has 0 unspecified atom stereocenters. The van der Waals surface area contributed by atoms with Gasteiger partial charge in [-0.3, -0.25) is 0 Å². The molecule has 24 heavy (non-hydrogen) atoms. The van der Waals surface area contributed by atoms with Gasteiger partial charge in [-0.2, -0.15) is 0 Å². The quantitative estimate of drug-likeness (QED) is 0.796. The van der Waals surface area contributed by atoms with Gasteiger partial charge in [-0.25, -0.2) is 4.79 Å². The van der Waals surface area contributed by atoms with E-state index in [1.165, 1.54) is 4.90 Å². The molecule has 0 aromatic heterocycles. The maximum absolute atomic E-state index is 12.6. The van der Waals surface area contributed by atoms with Crippen molar-refractivity contribution in [2.45, 2.75) is 20.0 Å². The van der Waals surface area contributed by atoms with E-state index in [-0.39, 0.29) is 5.97 Å². The van der Waals surface area contributed by atoms with E-state index in [1.807, 2.05) is 30.3 Å². The molecule has 126 valence electrons. The normalized spacial score (nSPS) is 15.2. The number of fused-ring (bicyclic) bond motifs is 3. The van der Waals surface area contributed by atoms with Crippen LogP contribution >= 0.6 is 0 Å². The monoisotopic (exact) mass is 326 g/mol. The lowest BCUT2D eigenvalue weighted by atomic mass is 9.99. The number of aliphatic hydroxyl groups excluding tert-OH is 1. The number of ether oxygens (including phenoxy) is 1. The molecular formula is C20H24NO3+. The van der Waals surface area contributed by atoms with Gasteiger partial charge < -0.3 is 14.7 Å². The molecule has 0 aliphatic heterocycles. The summed E-state index contributed by atoms with van der Waals surface area (Å²) in [4.78, 5) is 14.0. The van der Waals surface area contributed by atoms with E-state index in [2.05, 4.69) is 13.8 Å².